The van der Waals surface area contributed by atoms with Crippen molar-refractivity contribution in [1.82, 2.24) is 9.80 Å². The zero-order valence-corrected chi connectivity index (χ0v) is 21.2. The number of hydrogen-bond acceptors (Lipinski definition) is 4. The number of rotatable bonds is 6. The highest BCUT2D eigenvalue weighted by molar-refractivity contribution is 6.06. The number of carbonyl (C=O) groups excluding carboxylic acids is 2. The van der Waals surface area contributed by atoms with Gasteiger partial charge in [0.2, 0.25) is 11.8 Å². The predicted octanol–water partition coefficient (Wildman–Crippen LogP) is 4.08. The molecular weight excluding hydrogens is 460 g/mol. The summed E-state index contributed by atoms with van der Waals surface area (Å²) in [5.74, 6) is 3.81. The van der Waals surface area contributed by atoms with Crippen LogP contribution in [0.25, 0.3) is 0 Å². The van der Waals surface area contributed by atoms with Gasteiger partial charge < -0.3 is 9.64 Å². The topological polar surface area (TPSA) is 49.9 Å². The highest BCUT2D eigenvalue weighted by atomic mass is 35.5. The van der Waals surface area contributed by atoms with E-state index in [2.05, 4.69) is 47.4 Å². The van der Waals surface area contributed by atoms with Crippen LogP contribution < -0.4 is 4.74 Å². The van der Waals surface area contributed by atoms with Gasteiger partial charge in [0.25, 0.3) is 0 Å². The fourth-order valence-electron chi connectivity index (χ4n) is 8.32. The van der Waals surface area contributed by atoms with Crippen LogP contribution in [0.2, 0.25) is 0 Å². The van der Waals surface area contributed by atoms with Crippen LogP contribution in [0.4, 0.5) is 0 Å². The van der Waals surface area contributed by atoms with Crippen molar-refractivity contribution in [3.05, 3.63) is 53.6 Å². The van der Waals surface area contributed by atoms with E-state index in [4.69, 9.17) is 4.74 Å². The molecule has 2 bridgehead atoms. The van der Waals surface area contributed by atoms with Gasteiger partial charge in [0.05, 0.1) is 18.9 Å². The maximum Gasteiger partial charge on any atom is 0.233 e. The Labute approximate surface area is 214 Å². The second-order valence-corrected chi connectivity index (χ2v) is 11.4. The van der Waals surface area contributed by atoms with Crippen LogP contribution in [0.15, 0.2) is 42.5 Å². The van der Waals surface area contributed by atoms with E-state index in [1.807, 2.05) is 0 Å². The average Bonchev–Trinajstić information content (AvgIpc) is 3.32. The number of methoxy groups -OCH3 is 1. The summed E-state index contributed by atoms with van der Waals surface area (Å²) in [7, 11) is 1.78. The fourth-order valence-corrected chi connectivity index (χ4v) is 8.32. The van der Waals surface area contributed by atoms with E-state index in [9.17, 15) is 9.59 Å². The van der Waals surface area contributed by atoms with Gasteiger partial charge in [0.1, 0.15) is 5.75 Å². The molecule has 0 N–H and O–H groups in total. The van der Waals surface area contributed by atoms with Crippen molar-refractivity contribution in [3.8, 4) is 5.75 Å². The number of halogens is 1. The molecule has 0 radical (unpaired) electrons. The number of carbonyl (C=O) groups is 2. The van der Waals surface area contributed by atoms with Crippen LogP contribution in [-0.2, 0) is 16.0 Å². The van der Waals surface area contributed by atoms with Gasteiger partial charge in [-0.05, 0) is 85.9 Å². The fraction of sp³-hybridized carbons (Fsp3) is 0.586. The van der Waals surface area contributed by atoms with Gasteiger partial charge in [-0.1, -0.05) is 36.4 Å². The number of ether oxygens (including phenoxy) is 1. The van der Waals surface area contributed by atoms with E-state index >= 15 is 0 Å². The number of likely N-dealkylation sites (tertiary alicyclic amines) is 2. The van der Waals surface area contributed by atoms with Crippen LogP contribution >= 0.6 is 12.4 Å². The summed E-state index contributed by atoms with van der Waals surface area (Å²) in [6.07, 6.45) is 13.3. The summed E-state index contributed by atoms with van der Waals surface area (Å²) in [4.78, 5) is 30.7. The van der Waals surface area contributed by atoms with E-state index in [1.165, 1.54) is 17.5 Å². The van der Waals surface area contributed by atoms with E-state index < -0.39 is 0 Å². The minimum Gasteiger partial charge on any atom is -0.496 e. The van der Waals surface area contributed by atoms with E-state index in [-0.39, 0.29) is 47.9 Å². The third-order valence-electron chi connectivity index (χ3n) is 9.92. The molecule has 2 amide bonds. The Kier molecular flexibility index (Phi) is 5.84. The summed E-state index contributed by atoms with van der Waals surface area (Å²) in [6.45, 7) is 3.91. The molecule has 0 aromatic heterocycles. The molecule has 1 saturated carbocycles. The molecule has 3 fully saturated rings. The average molecular weight is 495 g/mol. The third-order valence-corrected chi connectivity index (χ3v) is 9.92. The lowest BCUT2D eigenvalue weighted by molar-refractivity contribution is -0.140. The first-order chi connectivity index (χ1) is 16.7. The van der Waals surface area contributed by atoms with Gasteiger partial charge in [-0.2, -0.15) is 0 Å². The Hall–Kier alpha value is -2.11. The minimum atomic E-state index is -0.103. The maximum absolute atomic E-state index is 13.2. The molecule has 1 aromatic carbocycles. The van der Waals surface area contributed by atoms with Crippen LogP contribution in [0.3, 0.4) is 0 Å². The molecule has 35 heavy (non-hydrogen) atoms. The summed E-state index contributed by atoms with van der Waals surface area (Å²) >= 11 is 0. The Balaban J connectivity index is 0.00000229. The summed E-state index contributed by atoms with van der Waals surface area (Å²) in [6, 6.07) is 6.49. The second kappa shape index (κ2) is 8.77. The molecule has 6 heteroatoms. The van der Waals surface area contributed by atoms with Gasteiger partial charge >= 0.3 is 0 Å². The molecule has 0 spiro atoms. The monoisotopic (exact) mass is 494 g/mol. The molecule has 8 unspecified atom stereocenters. The molecule has 186 valence electrons. The van der Waals surface area contributed by atoms with Crippen LogP contribution in [0.1, 0.15) is 36.3 Å². The lowest BCUT2D eigenvalue weighted by atomic mass is 9.50. The van der Waals surface area contributed by atoms with Gasteiger partial charge in [0, 0.05) is 18.7 Å². The number of hydrogen-bond donors (Lipinski definition) is 0. The normalized spacial score (nSPS) is 37.9. The number of piperidine rings is 1. The Morgan fingerprint density at radius 2 is 1.57 bits per heavy atom. The highest BCUT2D eigenvalue weighted by Gasteiger charge is 2.62. The van der Waals surface area contributed by atoms with Crippen LogP contribution in [0.5, 0.6) is 5.75 Å². The summed E-state index contributed by atoms with van der Waals surface area (Å²) in [5.41, 5.74) is 2.92. The Bertz CT molecular complexity index is 1060. The molecule has 2 heterocycles. The van der Waals surface area contributed by atoms with Crippen molar-refractivity contribution in [1.29, 1.82) is 0 Å². The van der Waals surface area contributed by atoms with E-state index in [0.717, 1.165) is 44.6 Å². The number of nitrogens with zero attached hydrogens (tertiary/aromatic N) is 2. The zero-order valence-electron chi connectivity index (χ0n) is 20.3. The SMILES string of the molecule is COc1cccc2c1C1CCN(CCCCN3C(=O)C4C5C=CC(C6C=CC65)C4C3=O)CC1C2.Cl. The first-order valence-corrected chi connectivity index (χ1v) is 13.3. The highest BCUT2D eigenvalue weighted by Crippen LogP contribution is 2.58. The summed E-state index contributed by atoms with van der Waals surface area (Å²) in [5, 5.41) is 0. The van der Waals surface area contributed by atoms with Crippen molar-refractivity contribution in [2.24, 2.45) is 41.4 Å². The molecule has 1 aromatic rings. The van der Waals surface area contributed by atoms with E-state index in [0.29, 0.717) is 30.2 Å². The lowest BCUT2D eigenvalue weighted by Crippen LogP contribution is -2.50. The second-order valence-electron chi connectivity index (χ2n) is 11.4. The Morgan fingerprint density at radius 3 is 2.23 bits per heavy atom. The van der Waals surface area contributed by atoms with Crippen molar-refractivity contribution in [2.45, 2.75) is 31.6 Å². The van der Waals surface area contributed by atoms with Gasteiger partial charge in [-0.25, -0.2) is 0 Å². The molecule has 8 rings (SSSR count). The minimum absolute atomic E-state index is 0. The first kappa shape index (κ1) is 23.3. The molecule has 8 atom stereocenters. The van der Waals surface area contributed by atoms with Crippen LogP contribution in [-0.4, -0.2) is 54.9 Å². The number of allylic oxidation sites excluding steroid dienone is 4. The summed E-state index contributed by atoms with van der Waals surface area (Å²) < 4.78 is 5.67. The van der Waals surface area contributed by atoms with Crippen molar-refractivity contribution >= 4 is 24.2 Å². The molecule has 5 nitrogen and oxygen atoms in total. The number of unbranched alkanes of at least 4 members (excludes halogenated alkanes) is 1. The molecule has 2 aliphatic heterocycles. The number of benzene rings is 1. The number of fused-ring (bicyclic) bond motifs is 3. The maximum atomic E-state index is 13.2. The van der Waals surface area contributed by atoms with Crippen molar-refractivity contribution < 1.29 is 14.3 Å². The van der Waals surface area contributed by atoms with Crippen LogP contribution in [0, 0.1) is 41.4 Å². The van der Waals surface area contributed by atoms with Gasteiger partial charge in [-0.15, -0.1) is 12.4 Å². The van der Waals surface area contributed by atoms with Gasteiger partial charge in [-0.3, -0.25) is 14.5 Å². The van der Waals surface area contributed by atoms with E-state index in [1.54, 1.807) is 12.0 Å². The lowest BCUT2D eigenvalue weighted by Gasteiger charge is -2.51. The Morgan fingerprint density at radius 1 is 0.914 bits per heavy atom. The first-order valence-electron chi connectivity index (χ1n) is 13.3. The molecule has 5 aliphatic carbocycles. The predicted molar refractivity (Wildman–Crippen MR) is 136 cm³/mol. The van der Waals surface area contributed by atoms with Crippen molar-refractivity contribution in [2.75, 3.05) is 33.3 Å². The molecule has 2 saturated heterocycles. The number of amides is 2. The smallest absolute Gasteiger partial charge is 0.233 e. The molecular formula is C29H35ClN2O3. The largest absolute Gasteiger partial charge is 0.496 e. The molecule has 7 aliphatic rings. The third kappa shape index (κ3) is 3.37. The van der Waals surface area contributed by atoms with Crippen molar-refractivity contribution in [3.63, 3.8) is 0 Å². The standard InChI is InChI=1S/C29H34N2O3.ClH/c1-34-24-6-4-5-17-15-18-16-30(14-11-19(18)25(17)24)12-2-3-13-31-28(32)26-22-9-10-23(27(26)29(31)33)21-8-7-20(21)22;/h4-10,18-23,26-27H,2-3,11-16H2,1H3;1H. The quantitative estimate of drug-likeness (QED) is 0.340. The van der Waals surface area contributed by atoms with Gasteiger partial charge in [0.15, 0.2) is 0 Å². The zero-order chi connectivity index (χ0) is 23.0. The number of imide groups is 1.